The van der Waals surface area contributed by atoms with Crippen molar-refractivity contribution in [1.82, 2.24) is 9.80 Å². The molecule has 6 saturated heterocycles. The van der Waals surface area contributed by atoms with Crippen molar-refractivity contribution < 1.29 is 13.8 Å². The molecule has 0 N–H and O–H groups in total. The first-order valence-electron chi connectivity index (χ1n) is 15.4. The van der Waals surface area contributed by atoms with E-state index < -0.39 is 0 Å². The van der Waals surface area contributed by atoms with Crippen LogP contribution < -0.4 is 0 Å². The van der Waals surface area contributed by atoms with E-state index in [0.717, 1.165) is 125 Å². The summed E-state index contributed by atoms with van der Waals surface area (Å²) in [7, 11) is 0. The van der Waals surface area contributed by atoms with Crippen LogP contribution in [0.15, 0.2) is 24.8 Å². The van der Waals surface area contributed by atoms with Crippen LogP contribution in [0, 0.1) is 94.7 Å². The van der Waals surface area contributed by atoms with Crippen molar-refractivity contribution in [2.24, 2.45) is 94.7 Å². The summed E-state index contributed by atoms with van der Waals surface area (Å²) in [6.45, 7) is 2.73. The van der Waals surface area contributed by atoms with Crippen LogP contribution in [0.3, 0.4) is 0 Å². The normalized spacial score (nSPS) is 89.3. The van der Waals surface area contributed by atoms with Crippen molar-refractivity contribution >= 4 is 6.29 Å². The Morgan fingerprint density at radius 3 is 1.57 bits per heavy atom. The molecule has 35 heavy (non-hydrogen) atoms. The molecule has 2 spiro atoms. The zero-order valence-corrected chi connectivity index (χ0v) is 19.9. The topological polar surface area (TPSA) is 23.6 Å². The number of nitrogens with zero attached hydrogens (tertiary/aromatic N) is 4. The predicted molar refractivity (Wildman–Crippen MR) is 120 cm³/mol. The molecule has 21 unspecified atom stereocenters. The average Bonchev–Trinajstić information content (AvgIpc) is 3.35. The fourth-order valence-electron chi connectivity index (χ4n) is 19.4. The fraction of sp³-hybridized carbons (Fsp3) is 0.833. The molecule has 26 atom stereocenters. The number of aldehydes is 1. The lowest BCUT2D eigenvalue weighted by Gasteiger charge is -2.93. The van der Waals surface area contributed by atoms with Crippen LogP contribution >= 0.6 is 0 Å². The Kier molecular flexibility index (Phi) is 1.69. The van der Waals surface area contributed by atoms with Crippen LogP contribution in [0.2, 0.25) is 0 Å². The Labute approximate surface area is 204 Å². The number of carbonyl (C=O) groups is 1. The van der Waals surface area contributed by atoms with Crippen LogP contribution in [-0.4, -0.2) is 73.6 Å². The zero-order chi connectivity index (χ0) is 21.5. The van der Waals surface area contributed by atoms with Gasteiger partial charge < -0.3 is 9.80 Å². The molecule has 16 aliphatic rings. The summed E-state index contributed by atoms with van der Waals surface area (Å²) in [5.74, 6) is 16.7. The number of hydrogen-bond acceptors (Lipinski definition) is 3. The van der Waals surface area contributed by atoms with Gasteiger partial charge in [0.15, 0.2) is 24.9 Å². The van der Waals surface area contributed by atoms with Gasteiger partial charge in [-0.1, -0.05) is 0 Å². The Morgan fingerprint density at radius 1 is 0.543 bits per heavy atom. The SMILES string of the molecule is CC1[N+]23C=C[N+]14C1C5C6C7C8C9C%10C%11C([C@H]%12[C@@H]%11[C@H]%11C9C6C%11C1[C@H]%124)[C@@H]2C(C3C75)N1C=CN(C8%10)C1C=O. The number of carbonyl (C=O) groups excluding carboxylic acids is 1. The standard InChI is InChI=1S/C30H32N4O/c1-7-33-4-5-34(7)29-22-16-12-10-9-11-13-17-19-15(9)18(16)25(19)31-2-3-32(8(31)6-35)26(29)30(34)23(17)21(13)28(33)24(14(10)11)27(33)20(12)22/h2-30H,1H3/q+2/t7?,8?,9?,10-,11?,12-,13?,14?,15?,16?,17?,18?,19?,20-,21?,22?,23?,24?,25?,26?,27+,28?,29-,30?,33?,34?/m1/s1. The third-order valence-corrected chi connectivity index (χ3v) is 18.5. The van der Waals surface area contributed by atoms with Crippen LogP contribution in [0.4, 0.5) is 0 Å². The van der Waals surface area contributed by atoms with Gasteiger partial charge in [-0.25, -0.2) is 8.97 Å². The van der Waals surface area contributed by atoms with Crippen molar-refractivity contribution in [1.29, 1.82) is 0 Å². The molecule has 0 amide bonds. The third kappa shape index (κ3) is 0.901. The maximum absolute atomic E-state index is 12.9. The third-order valence-electron chi connectivity index (χ3n) is 18.5. The molecule has 16 rings (SSSR count). The molecule has 0 aromatic carbocycles. The van der Waals surface area contributed by atoms with E-state index in [4.69, 9.17) is 0 Å². The highest BCUT2D eigenvalue weighted by atomic mass is 16.1. The van der Waals surface area contributed by atoms with Crippen LogP contribution in [0.5, 0.6) is 0 Å². The van der Waals surface area contributed by atoms with E-state index in [9.17, 15) is 4.79 Å². The van der Waals surface area contributed by atoms with Gasteiger partial charge in [-0.05, 0) is 65.1 Å². The van der Waals surface area contributed by atoms with E-state index >= 15 is 0 Å². The van der Waals surface area contributed by atoms with Crippen molar-refractivity contribution in [2.75, 3.05) is 0 Å². The molecule has 0 aromatic rings. The molecule has 14 fully saturated rings. The molecule has 8 saturated carbocycles. The van der Waals surface area contributed by atoms with E-state index in [1.807, 2.05) is 0 Å². The Balaban J connectivity index is 1.17. The number of quaternary nitrogens is 2. The maximum Gasteiger partial charge on any atom is 0.223 e. The molecular formula is C30H32N4O+2. The molecular weight excluding hydrogens is 432 g/mol. The summed E-state index contributed by atoms with van der Waals surface area (Å²) in [5, 5.41) is 0. The molecule has 0 radical (unpaired) electrons. The van der Waals surface area contributed by atoms with Crippen LogP contribution in [-0.2, 0) is 4.79 Å². The summed E-state index contributed by atoms with van der Waals surface area (Å²) in [6.07, 6.45) is 12.7. The molecule has 176 valence electrons. The highest BCUT2D eigenvalue weighted by molar-refractivity contribution is 5.60. The second-order valence-corrected chi connectivity index (χ2v) is 16.6. The van der Waals surface area contributed by atoms with E-state index in [-0.39, 0.29) is 6.17 Å². The molecule has 8 aliphatic heterocycles. The largest absolute Gasteiger partial charge is 0.347 e. The first-order valence-corrected chi connectivity index (χ1v) is 15.4. The quantitative estimate of drug-likeness (QED) is 0.432. The predicted octanol–water partition coefficient (Wildman–Crippen LogP) is 1.31. The first kappa shape index (κ1) is 15.8. The highest BCUT2D eigenvalue weighted by Crippen LogP contribution is 2.95. The maximum atomic E-state index is 12.9. The number of rotatable bonds is 1. The minimum absolute atomic E-state index is 0.000242. The summed E-state index contributed by atoms with van der Waals surface area (Å²) >= 11 is 0. The Morgan fingerprint density at radius 2 is 0.971 bits per heavy atom. The van der Waals surface area contributed by atoms with Gasteiger partial charge in [0.2, 0.25) is 6.17 Å². The van der Waals surface area contributed by atoms with Crippen molar-refractivity contribution in [3.8, 4) is 0 Å². The first-order chi connectivity index (χ1) is 17.3. The van der Waals surface area contributed by atoms with Crippen LogP contribution in [0.25, 0.3) is 0 Å². The lowest BCUT2D eigenvalue weighted by molar-refractivity contribution is -1.14. The van der Waals surface area contributed by atoms with Gasteiger partial charge in [0.05, 0.1) is 5.92 Å². The van der Waals surface area contributed by atoms with Gasteiger partial charge in [0.1, 0.15) is 30.2 Å². The summed E-state index contributed by atoms with van der Waals surface area (Å²) in [6, 6.07) is 4.84. The van der Waals surface area contributed by atoms with E-state index in [1.54, 1.807) is 0 Å². The van der Waals surface area contributed by atoms with Gasteiger partial charge in [-0.3, -0.25) is 4.79 Å². The summed E-state index contributed by atoms with van der Waals surface area (Å²) in [5.41, 5.74) is 0. The van der Waals surface area contributed by atoms with Crippen molar-refractivity contribution in [3.05, 3.63) is 24.8 Å². The summed E-state index contributed by atoms with van der Waals surface area (Å²) in [4.78, 5) is 18.2. The minimum Gasteiger partial charge on any atom is -0.347 e. The Bertz CT molecular complexity index is 1320. The van der Waals surface area contributed by atoms with Gasteiger partial charge in [-0.2, -0.15) is 0 Å². The van der Waals surface area contributed by atoms with E-state index in [2.05, 4.69) is 41.5 Å². The van der Waals surface area contributed by atoms with Gasteiger partial charge in [0, 0.05) is 49.0 Å². The lowest BCUT2D eigenvalue weighted by Crippen LogP contribution is -2.99. The number of hydrogen-bond donors (Lipinski definition) is 0. The zero-order valence-electron chi connectivity index (χ0n) is 19.9. The van der Waals surface area contributed by atoms with Gasteiger partial charge in [-0.15, -0.1) is 0 Å². The van der Waals surface area contributed by atoms with Crippen LogP contribution in [0.1, 0.15) is 6.92 Å². The smallest absolute Gasteiger partial charge is 0.223 e. The van der Waals surface area contributed by atoms with E-state index in [0.29, 0.717) is 12.1 Å². The molecule has 8 heterocycles. The minimum atomic E-state index is -0.000242. The second-order valence-electron chi connectivity index (χ2n) is 16.6. The molecule has 6 bridgehead atoms. The fourth-order valence-corrected chi connectivity index (χ4v) is 19.4. The van der Waals surface area contributed by atoms with Crippen molar-refractivity contribution in [2.45, 2.75) is 55.5 Å². The second kappa shape index (κ2) is 3.73. The summed E-state index contributed by atoms with van der Waals surface area (Å²) < 4.78 is 2.83. The van der Waals surface area contributed by atoms with Crippen molar-refractivity contribution in [3.63, 3.8) is 0 Å². The molecule has 8 aliphatic carbocycles. The molecule has 5 nitrogen and oxygen atoms in total. The molecule has 5 heteroatoms. The van der Waals surface area contributed by atoms with E-state index in [1.165, 1.54) is 15.3 Å². The highest BCUT2D eigenvalue weighted by Gasteiger charge is 3.02. The molecule has 0 aromatic heterocycles. The lowest BCUT2D eigenvalue weighted by atomic mass is 9.12. The average molecular weight is 465 g/mol. The van der Waals surface area contributed by atoms with Gasteiger partial charge in [0.25, 0.3) is 0 Å². The monoisotopic (exact) mass is 464 g/mol. The van der Waals surface area contributed by atoms with Gasteiger partial charge >= 0.3 is 0 Å². The Hall–Kier alpha value is -1.33.